The summed E-state index contributed by atoms with van der Waals surface area (Å²) in [6, 6.07) is 1.48. The Morgan fingerprint density at radius 3 is 2.33 bits per heavy atom. The van der Waals surface area contributed by atoms with Crippen molar-refractivity contribution in [3.05, 3.63) is 40.0 Å². The Hall–Kier alpha value is -1.89. The van der Waals surface area contributed by atoms with Gasteiger partial charge < -0.3 is 4.18 Å². The summed E-state index contributed by atoms with van der Waals surface area (Å²) < 4.78 is 80.4. The van der Waals surface area contributed by atoms with Crippen molar-refractivity contribution < 1.29 is 29.8 Å². The minimum Gasteiger partial charge on any atom is -0.361 e. The standard InChI is InChI=1S/C14H12ClF2N3O5S2/c1-26(21,22)20-5-8-12(6-20)18-13(19-14(8)25-27(2,23)24)7-3-11(17)9(15)4-10(7)16/h3-4H,5-6H2,1-2H3. The fourth-order valence-electron chi connectivity index (χ4n) is 2.46. The minimum atomic E-state index is -4.02. The van der Waals surface area contributed by atoms with Crippen LogP contribution in [0.2, 0.25) is 5.02 Å². The lowest BCUT2D eigenvalue weighted by Gasteiger charge is -2.11. The van der Waals surface area contributed by atoms with E-state index in [9.17, 15) is 25.6 Å². The highest BCUT2D eigenvalue weighted by Crippen LogP contribution is 2.34. The minimum absolute atomic E-state index is 0.124. The van der Waals surface area contributed by atoms with Gasteiger partial charge in [-0.05, 0) is 12.1 Å². The molecule has 0 bridgehead atoms. The summed E-state index contributed by atoms with van der Waals surface area (Å²) in [5.41, 5.74) is -0.126. The Kier molecular flexibility index (Phi) is 4.87. The molecule has 1 aliphatic rings. The lowest BCUT2D eigenvalue weighted by Crippen LogP contribution is -2.24. The van der Waals surface area contributed by atoms with Crippen molar-refractivity contribution in [2.75, 3.05) is 12.5 Å². The molecule has 2 aromatic rings. The Balaban J connectivity index is 2.19. The molecule has 1 aromatic heterocycles. The van der Waals surface area contributed by atoms with Gasteiger partial charge in [0, 0.05) is 6.54 Å². The van der Waals surface area contributed by atoms with Gasteiger partial charge in [0.15, 0.2) is 5.82 Å². The van der Waals surface area contributed by atoms with Gasteiger partial charge in [0.2, 0.25) is 15.9 Å². The van der Waals surface area contributed by atoms with E-state index < -0.39 is 42.7 Å². The zero-order valence-corrected chi connectivity index (χ0v) is 16.3. The maximum Gasteiger partial charge on any atom is 0.307 e. The van der Waals surface area contributed by atoms with Crippen molar-refractivity contribution in [1.29, 1.82) is 0 Å². The molecule has 0 radical (unpaired) electrons. The second-order valence-corrected chi connectivity index (χ2v) is 9.81. The molecule has 27 heavy (non-hydrogen) atoms. The van der Waals surface area contributed by atoms with Crippen molar-refractivity contribution in [3.8, 4) is 17.3 Å². The summed E-state index contributed by atoms with van der Waals surface area (Å²) in [6.45, 7) is -0.405. The summed E-state index contributed by atoms with van der Waals surface area (Å²) in [5, 5.41) is -0.451. The van der Waals surface area contributed by atoms with E-state index in [-0.39, 0.29) is 35.7 Å². The van der Waals surface area contributed by atoms with Crippen molar-refractivity contribution in [2.24, 2.45) is 0 Å². The van der Waals surface area contributed by atoms with Crippen LogP contribution >= 0.6 is 11.6 Å². The zero-order chi connectivity index (χ0) is 20.1. The number of aromatic nitrogens is 2. The Morgan fingerprint density at radius 2 is 1.74 bits per heavy atom. The molecule has 0 saturated heterocycles. The monoisotopic (exact) mass is 439 g/mol. The summed E-state index contributed by atoms with van der Waals surface area (Å²) in [7, 11) is -7.64. The topological polar surface area (TPSA) is 107 Å². The van der Waals surface area contributed by atoms with Gasteiger partial charge in [0.1, 0.15) is 11.6 Å². The van der Waals surface area contributed by atoms with Crippen LogP contribution in [0.1, 0.15) is 11.3 Å². The number of nitrogens with zero attached hydrogens (tertiary/aromatic N) is 3. The number of halogens is 3. The van der Waals surface area contributed by atoms with E-state index in [0.29, 0.717) is 0 Å². The molecule has 0 aliphatic carbocycles. The van der Waals surface area contributed by atoms with E-state index in [1.165, 1.54) is 0 Å². The highest BCUT2D eigenvalue weighted by atomic mass is 35.5. The molecule has 3 rings (SSSR count). The molecule has 2 heterocycles. The van der Waals surface area contributed by atoms with Crippen molar-refractivity contribution in [3.63, 3.8) is 0 Å². The van der Waals surface area contributed by atoms with Crippen LogP contribution in [-0.2, 0) is 33.2 Å². The Morgan fingerprint density at radius 1 is 1.07 bits per heavy atom. The van der Waals surface area contributed by atoms with Crippen LogP contribution in [0, 0.1) is 11.6 Å². The molecule has 0 unspecified atom stereocenters. The molecule has 0 fully saturated rings. The number of sulfonamides is 1. The first-order valence-corrected chi connectivity index (χ1v) is 11.3. The fourth-order valence-corrected chi connectivity index (χ4v) is 3.75. The van der Waals surface area contributed by atoms with Crippen LogP contribution in [0.15, 0.2) is 12.1 Å². The van der Waals surface area contributed by atoms with Crippen LogP contribution in [0.25, 0.3) is 11.4 Å². The highest BCUT2D eigenvalue weighted by Gasteiger charge is 2.33. The second kappa shape index (κ2) is 6.62. The maximum absolute atomic E-state index is 14.2. The third kappa shape index (κ3) is 4.18. The van der Waals surface area contributed by atoms with E-state index in [1.807, 2.05) is 0 Å². The van der Waals surface area contributed by atoms with Gasteiger partial charge in [-0.2, -0.15) is 17.7 Å². The number of fused-ring (bicyclic) bond motifs is 1. The summed E-state index contributed by atoms with van der Waals surface area (Å²) in [6.07, 6.45) is 1.74. The smallest absolute Gasteiger partial charge is 0.307 e. The predicted molar refractivity (Wildman–Crippen MR) is 92.0 cm³/mol. The largest absolute Gasteiger partial charge is 0.361 e. The lowest BCUT2D eigenvalue weighted by atomic mass is 10.1. The first-order valence-electron chi connectivity index (χ1n) is 7.24. The molecule has 1 aromatic carbocycles. The molecule has 146 valence electrons. The molecular formula is C14H12ClF2N3O5S2. The zero-order valence-electron chi connectivity index (χ0n) is 13.9. The first kappa shape index (κ1) is 19.9. The maximum atomic E-state index is 14.2. The van der Waals surface area contributed by atoms with Crippen LogP contribution in [-0.4, -0.2) is 43.6 Å². The fraction of sp³-hybridized carbons (Fsp3) is 0.286. The average molecular weight is 440 g/mol. The third-order valence-corrected chi connectivity index (χ3v) is 5.61. The molecule has 1 aliphatic heterocycles. The van der Waals surface area contributed by atoms with Crippen LogP contribution in [0.5, 0.6) is 5.88 Å². The quantitative estimate of drug-likeness (QED) is 0.527. The molecule has 0 atom stereocenters. The molecule has 0 amide bonds. The number of hydrogen-bond acceptors (Lipinski definition) is 7. The van der Waals surface area contributed by atoms with Gasteiger partial charge in [-0.1, -0.05) is 11.6 Å². The van der Waals surface area contributed by atoms with Crippen LogP contribution in [0.3, 0.4) is 0 Å². The van der Waals surface area contributed by atoms with E-state index in [4.69, 9.17) is 15.8 Å². The average Bonchev–Trinajstić information content (AvgIpc) is 2.94. The van der Waals surface area contributed by atoms with Crippen LogP contribution in [0.4, 0.5) is 8.78 Å². The van der Waals surface area contributed by atoms with E-state index in [0.717, 1.165) is 28.9 Å². The van der Waals surface area contributed by atoms with Crippen molar-refractivity contribution >= 4 is 31.7 Å². The van der Waals surface area contributed by atoms with Gasteiger partial charge in [-0.25, -0.2) is 22.2 Å². The van der Waals surface area contributed by atoms with Gasteiger partial charge in [0.05, 0.1) is 40.9 Å². The summed E-state index contributed by atoms with van der Waals surface area (Å²) >= 11 is 5.52. The summed E-state index contributed by atoms with van der Waals surface area (Å²) in [4.78, 5) is 7.93. The van der Waals surface area contributed by atoms with E-state index in [2.05, 4.69) is 9.97 Å². The van der Waals surface area contributed by atoms with E-state index >= 15 is 0 Å². The SMILES string of the molecule is CS(=O)(=O)Oc1nc(-c2cc(F)c(Cl)cc2F)nc2c1CN(S(C)(=O)=O)C2. The normalized spacial score (nSPS) is 15.0. The second-order valence-electron chi connectivity index (χ2n) is 5.84. The molecule has 0 spiro atoms. The van der Waals surface area contributed by atoms with Gasteiger partial charge in [-0.3, -0.25) is 0 Å². The molecule has 0 saturated carbocycles. The van der Waals surface area contributed by atoms with Gasteiger partial charge >= 0.3 is 10.1 Å². The number of benzene rings is 1. The van der Waals surface area contributed by atoms with Crippen molar-refractivity contribution in [1.82, 2.24) is 14.3 Å². The predicted octanol–water partition coefficient (Wildman–Crippen LogP) is 1.69. The molecule has 8 nitrogen and oxygen atoms in total. The molecule has 0 N–H and O–H groups in total. The number of rotatable bonds is 4. The lowest BCUT2D eigenvalue weighted by molar-refractivity contribution is 0.430. The van der Waals surface area contributed by atoms with Crippen LogP contribution < -0.4 is 4.18 Å². The third-order valence-electron chi connectivity index (χ3n) is 3.67. The first-order chi connectivity index (χ1) is 12.3. The Labute approximate surface area is 158 Å². The molecule has 13 heteroatoms. The number of hydrogen-bond donors (Lipinski definition) is 0. The highest BCUT2D eigenvalue weighted by molar-refractivity contribution is 7.88. The van der Waals surface area contributed by atoms with Crippen molar-refractivity contribution in [2.45, 2.75) is 13.1 Å². The van der Waals surface area contributed by atoms with E-state index in [1.54, 1.807) is 0 Å². The van der Waals surface area contributed by atoms with Gasteiger partial charge in [0.25, 0.3) is 0 Å². The molecular weight excluding hydrogens is 428 g/mol. The Bertz CT molecular complexity index is 1160. The van der Waals surface area contributed by atoms with Gasteiger partial charge in [-0.15, -0.1) is 0 Å². The summed E-state index contributed by atoms with van der Waals surface area (Å²) in [5.74, 6) is -2.68.